The Bertz CT molecular complexity index is 1960. The number of carbonyl (C=O) groups is 3. The van der Waals surface area contributed by atoms with Gasteiger partial charge in [0.1, 0.15) is 30.8 Å². The molecular weight excluding hydrogens is 731 g/mol. The topological polar surface area (TPSA) is 213 Å². The average Bonchev–Trinajstić information content (AvgIpc) is 3.60. The molecule has 2 heterocycles. The molecule has 0 unspecified atom stereocenters. The molecule has 2 aromatic carbocycles. The van der Waals surface area contributed by atoms with Gasteiger partial charge in [0, 0.05) is 42.2 Å². The smallest absolute Gasteiger partial charge is 0.435 e. The fourth-order valence-electron chi connectivity index (χ4n) is 4.96. The molecule has 0 saturated heterocycles. The van der Waals surface area contributed by atoms with E-state index in [2.05, 4.69) is 30.4 Å². The quantitative estimate of drug-likeness (QED) is 0.0316. The van der Waals surface area contributed by atoms with Gasteiger partial charge >= 0.3 is 24.0 Å². The summed E-state index contributed by atoms with van der Waals surface area (Å²) in [5.74, 6) is -2.08. The lowest BCUT2D eigenvalue weighted by Crippen LogP contribution is -2.20. The number of aromatic nitrogens is 5. The second kappa shape index (κ2) is 19.8. The highest BCUT2D eigenvalue weighted by atomic mass is 19.1. The maximum atomic E-state index is 16.5. The number of halogens is 1. The molecular formula is C38H47FN8O9. The van der Waals surface area contributed by atoms with E-state index in [-0.39, 0.29) is 71.8 Å². The third-order valence-corrected chi connectivity index (χ3v) is 7.87. The Balaban J connectivity index is 1.76. The van der Waals surface area contributed by atoms with Gasteiger partial charge in [-0.1, -0.05) is 34.6 Å². The van der Waals surface area contributed by atoms with Crippen LogP contribution in [0.1, 0.15) is 77.4 Å². The Hall–Kier alpha value is -6.33. The van der Waals surface area contributed by atoms with Crippen LogP contribution in [-0.4, -0.2) is 82.3 Å². The normalized spacial score (nSPS) is 12.1. The number of hydrogen-bond acceptors (Lipinski definition) is 14. The van der Waals surface area contributed by atoms with E-state index in [9.17, 15) is 14.4 Å². The first-order valence-electron chi connectivity index (χ1n) is 17.8. The van der Waals surface area contributed by atoms with Crippen LogP contribution in [0.15, 0.2) is 59.9 Å². The molecule has 2 aromatic heterocycles. The summed E-state index contributed by atoms with van der Waals surface area (Å²) < 4.78 is 50.2. The van der Waals surface area contributed by atoms with Crippen LogP contribution >= 0.6 is 0 Å². The maximum absolute atomic E-state index is 16.5. The molecule has 1 amide bonds. The van der Waals surface area contributed by atoms with Gasteiger partial charge in [0.15, 0.2) is 17.4 Å². The summed E-state index contributed by atoms with van der Waals surface area (Å²) in [6.45, 7) is 10.1. The number of nitrogens with zero attached hydrogens (tertiary/aromatic N) is 6. The Morgan fingerprint density at radius 2 is 1.68 bits per heavy atom. The zero-order chi connectivity index (χ0) is 40.8. The predicted molar refractivity (Wildman–Crippen MR) is 201 cm³/mol. The summed E-state index contributed by atoms with van der Waals surface area (Å²) in [5, 5.41) is 7.85. The molecule has 4 aromatic rings. The van der Waals surface area contributed by atoms with E-state index in [1.807, 2.05) is 34.6 Å². The van der Waals surface area contributed by atoms with Crippen LogP contribution < -0.4 is 25.3 Å². The van der Waals surface area contributed by atoms with Crippen molar-refractivity contribution in [2.45, 2.75) is 60.4 Å². The molecule has 0 fully saturated rings. The van der Waals surface area contributed by atoms with Crippen LogP contribution in [-0.2, 0) is 23.8 Å². The lowest BCUT2D eigenvalue weighted by Gasteiger charge is -2.21. The first-order chi connectivity index (χ1) is 26.7. The zero-order valence-corrected chi connectivity index (χ0v) is 32.4. The van der Waals surface area contributed by atoms with E-state index in [1.165, 1.54) is 43.2 Å². The molecule has 56 heavy (non-hydrogen) atoms. The van der Waals surface area contributed by atoms with Crippen LogP contribution in [0.25, 0.3) is 5.95 Å². The van der Waals surface area contributed by atoms with Crippen molar-refractivity contribution in [2.24, 2.45) is 22.1 Å². The number of ether oxygens (including phenoxy) is 6. The van der Waals surface area contributed by atoms with Gasteiger partial charge in [0.2, 0.25) is 6.79 Å². The SMILES string of the molecule is CCC(CC)C(=O)OCOc1nc([C@H](Nc2ccc(/C(N)=N/C(=O)OCC(C)(C)C)cc2)c2cc(OC)cc(OCCOC(C)=O)c2F)nn1-c1ncccn1. The summed E-state index contributed by atoms with van der Waals surface area (Å²) >= 11 is 0. The molecule has 0 aliphatic heterocycles. The number of amides is 1. The van der Waals surface area contributed by atoms with Crippen molar-refractivity contribution in [2.75, 3.05) is 39.0 Å². The van der Waals surface area contributed by atoms with E-state index < -0.39 is 36.7 Å². The summed E-state index contributed by atoms with van der Waals surface area (Å²) in [7, 11) is 1.40. The Kier molecular flexibility index (Phi) is 15.0. The van der Waals surface area contributed by atoms with Crippen LogP contribution in [0.3, 0.4) is 0 Å². The molecule has 0 bridgehead atoms. The highest BCUT2D eigenvalue weighted by Crippen LogP contribution is 2.36. The summed E-state index contributed by atoms with van der Waals surface area (Å²) in [5.41, 5.74) is 6.70. The number of rotatable bonds is 18. The van der Waals surface area contributed by atoms with Crippen molar-refractivity contribution in [3.05, 3.63) is 77.6 Å². The molecule has 300 valence electrons. The Labute approximate surface area is 323 Å². The third kappa shape index (κ3) is 12.1. The van der Waals surface area contributed by atoms with E-state index in [1.54, 1.807) is 30.3 Å². The summed E-state index contributed by atoms with van der Waals surface area (Å²) in [6.07, 6.45) is 3.32. The number of aliphatic imine (C=N–C) groups is 1. The maximum Gasteiger partial charge on any atom is 0.435 e. The van der Waals surface area contributed by atoms with Crippen molar-refractivity contribution in [1.82, 2.24) is 24.7 Å². The van der Waals surface area contributed by atoms with Crippen LogP contribution in [0, 0.1) is 17.2 Å². The molecule has 0 aliphatic rings. The molecule has 1 atom stereocenters. The Morgan fingerprint density at radius 1 is 0.982 bits per heavy atom. The number of carbonyl (C=O) groups excluding carboxylic acids is 3. The van der Waals surface area contributed by atoms with Crippen LogP contribution in [0.5, 0.6) is 17.5 Å². The van der Waals surface area contributed by atoms with Crippen molar-refractivity contribution in [3.63, 3.8) is 0 Å². The molecule has 18 heteroatoms. The second-order valence-corrected chi connectivity index (χ2v) is 13.4. The second-order valence-electron chi connectivity index (χ2n) is 13.4. The number of amidine groups is 1. The van der Waals surface area contributed by atoms with Crippen molar-refractivity contribution >= 4 is 29.6 Å². The van der Waals surface area contributed by atoms with Gasteiger partial charge in [-0.15, -0.1) is 9.78 Å². The number of benzene rings is 2. The monoisotopic (exact) mass is 778 g/mol. The van der Waals surface area contributed by atoms with Crippen LogP contribution in [0.4, 0.5) is 14.9 Å². The lowest BCUT2D eigenvalue weighted by atomic mass is 9.99. The van der Waals surface area contributed by atoms with Crippen LogP contribution in [0.2, 0.25) is 0 Å². The third-order valence-electron chi connectivity index (χ3n) is 7.87. The van der Waals surface area contributed by atoms with Gasteiger partial charge in [0.05, 0.1) is 19.6 Å². The average molecular weight is 779 g/mol. The van der Waals surface area contributed by atoms with Gasteiger partial charge < -0.3 is 39.5 Å². The Morgan fingerprint density at radius 3 is 2.30 bits per heavy atom. The van der Waals surface area contributed by atoms with E-state index in [4.69, 9.17) is 34.2 Å². The molecule has 0 saturated carbocycles. The number of nitrogens with two attached hydrogens (primary N) is 1. The lowest BCUT2D eigenvalue weighted by molar-refractivity contribution is -0.155. The molecule has 0 aliphatic carbocycles. The zero-order valence-electron chi connectivity index (χ0n) is 32.4. The minimum atomic E-state index is -1.18. The largest absolute Gasteiger partial charge is 0.497 e. The molecule has 17 nitrogen and oxygen atoms in total. The number of hydrogen-bond donors (Lipinski definition) is 2. The fraction of sp³-hybridized carbons (Fsp3) is 0.421. The van der Waals surface area contributed by atoms with E-state index >= 15 is 4.39 Å². The highest BCUT2D eigenvalue weighted by Gasteiger charge is 2.29. The van der Waals surface area contributed by atoms with Gasteiger partial charge in [-0.2, -0.15) is 9.98 Å². The van der Waals surface area contributed by atoms with Gasteiger partial charge in [-0.3, -0.25) is 9.59 Å². The van der Waals surface area contributed by atoms with Gasteiger partial charge in [-0.25, -0.2) is 19.2 Å². The van der Waals surface area contributed by atoms with E-state index in [0.717, 1.165) is 0 Å². The summed E-state index contributed by atoms with van der Waals surface area (Å²) in [6, 6.07) is 9.52. The molecule has 0 spiro atoms. The predicted octanol–water partition coefficient (Wildman–Crippen LogP) is 5.55. The molecule has 4 rings (SSSR count). The number of nitrogens with one attached hydrogen (secondary N) is 1. The number of anilines is 1. The number of esters is 2. The molecule has 3 N–H and O–H groups in total. The summed E-state index contributed by atoms with van der Waals surface area (Å²) in [4.78, 5) is 53.1. The van der Waals surface area contributed by atoms with Crippen molar-refractivity contribution < 1.29 is 47.2 Å². The minimum Gasteiger partial charge on any atom is -0.497 e. The first kappa shape index (κ1) is 42.4. The minimum absolute atomic E-state index is 0.0172. The fourth-order valence-corrected chi connectivity index (χ4v) is 4.96. The van der Waals surface area contributed by atoms with Gasteiger partial charge in [-0.05, 0) is 54.7 Å². The highest BCUT2D eigenvalue weighted by molar-refractivity contribution is 6.02. The van der Waals surface area contributed by atoms with Crippen molar-refractivity contribution in [1.29, 1.82) is 0 Å². The molecule has 0 radical (unpaired) electrons. The standard InChI is InChI=1S/C38H47FN8O9/c1-8-24(9-2)34(49)55-22-56-36-45-33(46-47(36)35-41-15-10-16-42-35)31(28-19-27(51-7)20-29(30(28)39)53-18-17-52-23(3)48)43-26-13-11-25(12-14-26)32(40)44-37(50)54-21-38(4,5)6/h10-16,19-20,24,31,43H,8-9,17-18,21-22H2,1-7H3,(H2,40,44,50)/t31-/m1/s1. The van der Waals surface area contributed by atoms with Crippen molar-refractivity contribution in [3.8, 4) is 23.5 Å². The first-order valence-corrected chi connectivity index (χ1v) is 17.8. The number of methoxy groups -OCH3 is 1. The van der Waals surface area contributed by atoms with E-state index in [0.29, 0.717) is 24.1 Å². The van der Waals surface area contributed by atoms with Gasteiger partial charge in [0.25, 0.3) is 5.95 Å².